The van der Waals surface area contributed by atoms with Crippen LogP contribution in [-0.4, -0.2) is 60.1 Å². The minimum atomic E-state index is -0.219. The molecule has 7 rings (SSSR count). The number of nitrogens with two attached hydrogens (primary N) is 1. The second-order valence-corrected chi connectivity index (χ2v) is 12.5. The number of aromatic nitrogens is 6. The van der Waals surface area contributed by atoms with E-state index in [9.17, 15) is 9.90 Å². The average molecular weight is 674 g/mol. The molecule has 1 unspecified atom stereocenters. The Morgan fingerprint density at radius 3 is 2.69 bits per heavy atom. The van der Waals surface area contributed by atoms with E-state index in [4.69, 9.17) is 27.4 Å². The van der Waals surface area contributed by atoms with E-state index >= 15 is 0 Å². The highest BCUT2D eigenvalue weighted by Gasteiger charge is 2.21. The number of rotatable bonds is 10. The minimum absolute atomic E-state index is 0.113. The molecule has 12 heteroatoms. The molecule has 0 amide bonds. The predicted molar refractivity (Wildman–Crippen MR) is 193 cm³/mol. The second kappa shape index (κ2) is 14.5. The van der Waals surface area contributed by atoms with Crippen molar-refractivity contribution >= 4 is 39.4 Å². The van der Waals surface area contributed by atoms with Crippen LogP contribution in [-0.2, 0) is 13.1 Å². The van der Waals surface area contributed by atoms with Gasteiger partial charge in [-0.1, -0.05) is 47.7 Å². The third-order valence-corrected chi connectivity index (χ3v) is 9.15. The highest BCUT2D eigenvalue weighted by molar-refractivity contribution is 6.31. The van der Waals surface area contributed by atoms with Gasteiger partial charge in [-0.05, 0) is 80.4 Å². The van der Waals surface area contributed by atoms with Gasteiger partial charge in [-0.15, -0.1) is 0 Å². The molecule has 1 aliphatic heterocycles. The number of fused-ring (bicyclic) bond motifs is 2. The number of nitrogen functional groups attached to an aromatic ring is 1. The van der Waals surface area contributed by atoms with Crippen LogP contribution < -0.4 is 21.9 Å². The third-order valence-electron chi connectivity index (χ3n) is 8.78. The molecule has 1 saturated heterocycles. The number of halogens is 1. The number of phenols is 1. The first-order chi connectivity index (χ1) is 24.0. The summed E-state index contributed by atoms with van der Waals surface area (Å²) < 4.78 is 3.31. The minimum Gasteiger partial charge on any atom is -0.508 e. The van der Waals surface area contributed by atoms with Crippen molar-refractivity contribution in [2.75, 3.05) is 25.4 Å². The summed E-state index contributed by atoms with van der Waals surface area (Å²) in [5, 5.41) is 23.3. The maximum Gasteiger partial charge on any atom is 0.263 e. The van der Waals surface area contributed by atoms with Gasteiger partial charge in [0.1, 0.15) is 36.0 Å². The predicted octanol–water partition coefficient (Wildman–Crippen LogP) is 4.71. The number of aromatic hydroxyl groups is 1. The number of hydrogen-bond donors (Lipinski definition) is 4. The van der Waals surface area contributed by atoms with Crippen molar-refractivity contribution in [3.05, 3.63) is 105 Å². The Bertz CT molecular complexity index is 2250. The maximum atomic E-state index is 14.5. The van der Waals surface area contributed by atoms with Crippen molar-refractivity contribution < 1.29 is 5.11 Å². The van der Waals surface area contributed by atoms with Crippen molar-refractivity contribution in [1.29, 1.82) is 0 Å². The molecular weight excluding hydrogens is 638 g/mol. The van der Waals surface area contributed by atoms with Gasteiger partial charge in [0.2, 0.25) is 0 Å². The molecule has 248 valence electrons. The summed E-state index contributed by atoms with van der Waals surface area (Å²) in [4.78, 5) is 28.2. The normalized spacial score (nSPS) is 14.3. The highest BCUT2D eigenvalue weighted by Crippen LogP contribution is 2.31. The molecule has 1 atom stereocenters. The summed E-state index contributed by atoms with van der Waals surface area (Å²) in [6.45, 7) is 3.40. The summed E-state index contributed by atoms with van der Waals surface area (Å²) in [6, 6.07) is 20.3. The Kier molecular flexibility index (Phi) is 9.52. The van der Waals surface area contributed by atoms with Crippen molar-refractivity contribution in [1.82, 2.24) is 39.9 Å². The third kappa shape index (κ3) is 6.98. The number of phenolic OH excluding ortho intramolecular Hbond substituents is 1. The number of benzene rings is 3. The Morgan fingerprint density at radius 1 is 1.02 bits per heavy atom. The molecule has 0 spiro atoms. The molecule has 3 aromatic carbocycles. The zero-order chi connectivity index (χ0) is 33.7. The molecule has 11 nitrogen and oxygen atoms in total. The fraction of sp³-hybridized carbons (Fsp3) is 0.270. The molecule has 3 aromatic heterocycles. The molecule has 49 heavy (non-hydrogen) atoms. The van der Waals surface area contributed by atoms with Crippen LogP contribution >= 0.6 is 11.6 Å². The largest absolute Gasteiger partial charge is 0.508 e. The van der Waals surface area contributed by atoms with E-state index in [1.54, 1.807) is 39.6 Å². The van der Waals surface area contributed by atoms with E-state index in [1.807, 2.05) is 36.4 Å². The van der Waals surface area contributed by atoms with E-state index in [1.165, 1.54) is 12.7 Å². The smallest absolute Gasteiger partial charge is 0.263 e. The van der Waals surface area contributed by atoms with Gasteiger partial charge in [-0.2, -0.15) is 5.10 Å². The van der Waals surface area contributed by atoms with Crippen LogP contribution in [0.15, 0.2) is 77.9 Å². The van der Waals surface area contributed by atoms with Gasteiger partial charge in [0.25, 0.3) is 5.56 Å². The molecule has 5 N–H and O–H groups in total. The van der Waals surface area contributed by atoms with Crippen LogP contribution in [0, 0.1) is 11.8 Å². The van der Waals surface area contributed by atoms with Crippen LogP contribution in [0.5, 0.6) is 5.75 Å². The molecule has 4 heterocycles. The summed E-state index contributed by atoms with van der Waals surface area (Å²) in [5.41, 5.74) is 9.86. The van der Waals surface area contributed by atoms with Crippen molar-refractivity contribution in [3.63, 3.8) is 0 Å². The molecule has 0 aliphatic carbocycles. The van der Waals surface area contributed by atoms with Crippen LogP contribution in [0.4, 0.5) is 5.82 Å². The summed E-state index contributed by atoms with van der Waals surface area (Å²) in [6.07, 6.45) is 5.31. The van der Waals surface area contributed by atoms with Gasteiger partial charge in [0.15, 0.2) is 5.65 Å². The SMILES string of the molecule is Nc1ncnc2c1c(-c1ccc(O)cc1)nn2Cc1nc2cccc(C#CCCCCNC3CCNC3)c2c(=O)n1Cc1ccccc1Cl. The van der Waals surface area contributed by atoms with E-state index < -0.39 is 0 Å². The molecule has 0 radical (unpaired) electrons. The number of unbranched alkanes of at least 4 members (excludes halogenated alkanes) is 2. The van der Waals surface area contributed by atoms with E-state index in [2.05, 4.69) is 32.4 Å². The van der Waals surface area contributed by atoms with Crippen LogP contribution in [0.3, 0.4) is 0 Å². The van der Waals surface area contributed by atoms with Gasteiger partial charge in [-0.3, -0.25) is 9.36 Å². The van der Waals surface area contributed by atoms with Gasteiger partial charge < -0.3 is 21.5 Å². The summed E-state index contributed by atoms with van der Waals surface area (Å²) >= 11 is 6.59. The van der Waals surface area contributed by atoms with Crippen molar-refractivity contribution in [2.45, 2.75) is 44.8 Å². The lowest BCUT2D eigenvalue weighted by molar-refractivity contribution is 0.475. The second-order valence-electron chi connectivity index (χ2n) is 12.1. The number of anilines is 1. The van der Waals surface area contributed by atoms with Gasteiger partial charge >= 0.3 is 0 Å². The molecular formula is C37H36ClN9O2. The quantitative estimate of drug-likeness (QED) is 0.120. The fourth-order valence-corrected chi connectivity index (χ4v) is 6.42. The Balaban J connectivity index is 1.25. The Morgan fingerprint density at radius 2 is 1.88 bits per heavy atom. The van der Waals surface area contributed by atoms with Crippen LogP contribution in [0.1, 0.15) is 42.6 Å². The molecule has 0 saturated carbocycles. The average Bonchev–Trinajstić information content (AvgIpc) is 3.76. The van der Waals surface area contributed by atoms with Crippen LogP contribution in [0.25, 0.3) is 33.2 Å². The topological polar surface area (TPSA) is 149 Å². The standard InChI is InChI=1S/C37H36ClN9O2/c38-29-11-5-4-9-26(29)21-46-31(22-47-36-33(35(39)42-23-43-36)34(45-47)25-13-15-28(48)16-14-25)44-30-12-7-10-24(32(30)37(46)49)8-3-1-2-6-18-41-27-17-19-40-20-27/h4-5,7,9-16,23,27,40-41,48H,1-2,6,17-22H2,(H2,39,42,43). The number of nitrogens with zero attached hydrogens (tertiary/aromatic N) is 6. The highest BCUT2D eigenvalue weighted by atomic mass is 35.5. The van der Waals surface area contributed by atoms with Gasteiger partial charge in [0.05, 0.1) is 22.8 Å². The first-order valence-electron chi connectivity index (χ1n) is 16.4. The lowest BCUT2D eigenvalue weighted by Gasteiger charge is -2.15. The molecule has 1 fully saturated rings. The molecule has 0 bridgehead atoms. The summed E-state index contributed by atoms with van der Waals surface area (Å²) in [7, 11) is 0. The zero-order valence-corrected chi connectivity index (χ0v) is 27.6. The first-order valence-corrected chi connectivity index (χ1v) is 16.8. The van der Waals surface area contributed by atoms with Gasteiger partial charge in [0, 0.05) is 35.2 Å². The van der Waals surface area contributed by atoms with Crippen molar-refractivity contribution in [2.24, 2.45) is 0 Å². The molecule has 6 aromatic rings. The maximum absolute atomic E-state index is 14.5. The zero-order valence-electron chi connectivity index (χ0n) is 26.9. The van der Waals surface area contributed by atoms with E-state index in [0.717, 1.165) is 50.0 Å². The Hall–Kier alpha value is -5.28. The van der Waals surface area contributed by atoms with Gasteiger partial charge in [-0.25, -0.2) is 19.6 Å². The number of nitrogens with one attached hydrogen (secondary N) is 2. The lowest BCUT2D eigenvalue weighted by atomic mass is 10.1. The molecule has 1 aliphatic rings. The van der Waals surface area contributed by atoms with Crippen molar-refractivity contribution in [3.8, 4) is 28.8 Å². The fourth-order valence-electron chi connectivity index (χ4n) is 6.22. The van der Waals surface area contributed by atoms with Crippen LogP contribution in [0.2, 0.25) is 5.02 Å². The lowest BCUT2D eigenvalue weighted by Crippen LogP contribution is -2.31. The first kappa shape index (κ1) is 32.3. The Labute approximate surface area is 288 Å². The summed E-state index contributed by atoms with van der Waals surface area (Å²) in [5.74, 6) is 7.41. The van der Waals surface area contributed by atoms with E-state index in [-0.39, 0.29) is 30.2 Å². The monoisotopic (exact) mass is 673 g/mol. The number of hydrogen-bond acceptors (Lipinski definition) is 9. The van der Waals surface area contributed by atoms with E-state index in [0.29, 0.717) is 50.1 Å².